The average Bonchev–Trinajstić information content (AvgIpc) is 3.55. The smallest absolute Gasteiger partial charge is 0.344 e. The van der Waals surface area contributed by atoms with Gasteiger partial charge in [-0.1, -0.05) is 30.5 Å². The lowest BCUT2D eigenvalue weighted by molar-refractivity contribution is -0.146. The van der Waals surface area contributed by atoms with Gasteiger partial charge in [-0.3, -0.25) is 5.01 Å². The number of nitriles is 1. The third-order valence-corrected chi connectivity index (χ3v) is 7.76. The van der Waals surface area contributed by atoms with Crippen molar-refractivity contribution in [2.75, 3.05) is 18.2 Å². The van der Waals surface area contributed by atoms with Crippen molar-refractivity contribution in [1.29, 1.82) is 5.26 Å². The molecule has 186 valence electrons. The zero-order chi connectivity index (χ0) is 25.2. The predicted octanol–water partition coefficient (Wildman–Crippen LogP) is 5.28. The topological polar surface area (TPSA) is 92.0 Å². The first-order chi connectivity index (χ1) is 17.5. The van der Waals surface area contributed by atoms with E-state index in [0.717, 1.165) is 35.4 Å². The van der Waals surface area contributed by atoms with Crippen LogP contribution in [0.2, 0.25) is 5.02 Å². The van der Waals surface area contributed by atoms with Gasteiger partial charge >= 0.3 is 11.9 Å². The first-order valence-corrected chi connectivity index (χ1v) is 12.9. The number of aryl methyl sites for hydroxylation is 1. The zero-order valence-corrected chi connectivity index (χ0v) is 21.0. The first-order valence-electron chi connectivity index (χ1n) is 12.5. The minimum absolute atomic E-state index is 0.242. The third-order valence-electron chi connectivity index (χ3n) is 7.45. The Morgan fingerprint density at radius 3 is 2.67 bits per heavy atom. The van der Waals surface area contributed by atoms with Gasteiger partial charge in [0.1, 0.15) is 6.07 Å². The van der Waals surface area contributed by atoms with E-state index in [1.54, 1.807) is 19.1 Å². The zero-order valence-electron chi connectivity index (χ0n) is 20.2. The van der Waals surface area contributed by atoms with Crippen LogP contribution < -0.4 is 5.01 Å². The number of halogens is 1. The highest BCUT2D eigenvalue weighted by Gasteiger charge is 2.45. The number of ether oxygens (including phenoxy) is 2. The van der Waals surface area contributed by atoms with Crippen molar-refractivity contribution >= 4 is 34.9 Å². The number of rotatable bonds is 6. The van der Waals surface area contributed by atoms with E-state index in [1.165, 1.54) is 25.7 Å². The number of anilines is 1. The van der Waals surface area contributed by atoms with Crippen molar-refractivity contribution < 1.29 is 19.1 Å². The van der Waals surface area contributed by atoms with Crippen LogP contribution in [-0.4, -0.2) is 36.9 Å². The van der Waals surface area contributed by atoms with Gasteiger partial charge in [0.25, 0.3) is 0 Å². The summed E-state index contributed by atoms with van der Waals surface area (Å²) in [4.78, 5) is 24.0. The molecule has 0 N–H and O–H groups in total. The summed E-state index contributed by atoms with van der Waals surface area (Å²) in [6.45, 7) is 1.55. The molecule has 1 fully saturated rings. The van der Waals surface area contributed by atoms with E-state index in [4.69, 9.17) is 26.2 Å². The average molecular weight is 506 g/mol. The summed E-state index contributed by atoms with van der Waals surface area (Å²) >= 11 is 6.39. The lowest BCUT2D eigenvalue weighted by Gasteiger charge is -2.34. The fourth-order valence-corrected chi connectivity index (χ4v) is 6.06. The molecule has 7 nitrogen and oxygen atoms in total. The molecule has 8 heteroatoms. The van der Waals surface area contributed by atoms with Gasteiger partial charge in [0.15, 0.2) is 6.61 Å². The predicted molar refractivity (Wildman–Crippen MR) is 136 cm³/mol. The fraction of sp³-hybridized carbons (Fsp3) is 0.429. The molecule has 0 bridgehead atoms. The molecule has 1 aliphatic heterocycles. The monoisotopic (exact) mass is 505 g/mol. The number of fused-ring (bicyclic) bond motifs is 3. The summed E-state index contributed by atoms with van der Waals surface area (Å²) in [7, 11) is 0. The second kappa shape index (κ2) is 10.3. The lowest BCUT2D eigenvalue weighted by atomic mass is 9.75. The number of benzene rings is 2. The van der Waals surface area contributed by atoms with Gasteiger partial charge < -0.3 is 9.47 Å². The van der Waals surface area contributed by atoms with Gasteiger partial charge in [0, 0.05) is 11.5 Å². The molecule has 5 rings (SSSR count). The van der Waals surface area contributed by atoms with E-state index in [0.29, 0.717) is 22.1 Å². The van der Waals surface area contributed by atoms with E-state index in [2.05, 4.69) is 11.1 Å². The largest absolute Gasteiger partial charge is 0.463 e. The summed E-state index contributed by atoms with van der Waals surface area (Å²) in [6, 6.07) is 13.4. The number of esters is 2. The lowest BCUT2D eigenvalue weighted by Crippen LogP contribution is -2.40. The van der Waals surface area contributed by atoms with Gasteiger partial charge in [-0.15, -0.1) is 0 Å². The molecule has 1 heterocycles. The van der Waals surface area contributed by atoms with Crippen LogP contribution in [0.5, 0.6) is 0 Å². The Kier molecular flexibility index (Phi) is 6.97. The Morgan fingerprint density at radius 1 is 1.14 bits per heavy atom. The first kappa shape index (κ1) is 24.3. The van der Waals surface area contributed by atoms with Gasteiger partial charge in [-0.25, -0.2) is 9.59 Å². The Hall–Kier alpha value is -3.37. The molecule has 0 saturated heterocycles. The van der Waals surface area contributed by atoms with E-state index in [-0.39, 0.29) is 18.6 Å². The van der Waals surface area contributed by atoms with E-state index >= 15 is 0 Å². The third kappa shape index (κ3) is 4.58. The molecule has 2 aromatic rings. The van der Waals surface area contributed by atoms with Crippen molar-refractivity contribution in [2.45, 2.75) is 51.5 Å². The van der Waals surface area contributed by atoms with Crippen molar-refractivity contribution in [3.8, 4) is 6.07 Å². The highest BCUT2D eigenvalue weighted by molar-refractivity contribution is 6.32. The Labute approximate surface area is 215 Å². The molecule has 1 saturated carbocycles. The maximum Gasteiger partial charge on any atom is 0.344 e. The highest BCUT2D eigenvalue weighted by Crippen LogP contribution is 2.45. The minimum Gasteiger partial charge on any atom is -0.463 e. The molecule has 0 aromatic heterocycles. The maximum absolute atomic E-state index is 12.5. The second-order valence-corrected chi connectivity index (χ2v) is 9.95. The van der Waals surface area contributed by atoms with Gasteiger partial charge in [0.05, 0.1) is 40.2 Å². The molecule has 0 radical (unpaired) electrons. The van der Waals surface area contributed by atoms with Crippen LogP contribution in [0.25, 0.3) is 0 Å². The molecular formula is C28H28ClN3O4. The summed E-state index contributed by atoms with van der Waals surface area (Å²) in [5.74, 6) is -0.270. The van der Waals surface area contributed by atoms with Crippen molar-refractivity contribution in [1.82, 2.24) is 0 Å². The van der Waals surface area contributed by atoms with E-state index in [9.17, 15) is 14.9 Å². The quantitative estimate of drug-likeness (QED) is 0.496. The Balaban J connectivity index is 1.44. The Morgan fingerprint density at radius 2 is 1.94 bits per heavy atom. The SMILES string of the molecule is CCOC(=O)COC(=O)c1ccc2c(c1)CCC1C2=NN(c2ccc(C#N)c(Cl)c2)C1C1CCCC1. The van der Waals surface area contributed by atoms with Gasteiger partial charge in [-0.05, 0) is 74.4 Å². The van der Waals surface area contributed by atoms with Gasteiger partial charge in [0.2, 0.25) is 0 Å². The van der Waals surface area contributed by atoms with Crippen LogP contribution in [0, 0.1) is 23.2 Å². The minimum atomic E-state index is -0.562. The number of carbonyl (C=O) groups is 2. The fourth-order valence-electron chi connectivity index (χ4n) is 5.84. The highest BCUT2D eigenvalue weighted by atomic mass is 35.5. The van der Waals surface area contributed by atoms with E-state index < -0.39 is 18.5 Å². The number of carbonyl (C=O) groups excluding carboxylic acids is 2. The summed E-state index contributed by atoms with van der Waals surface area (Å²) < 4.78 is 9.95. The second-order valence-electron chi connectivity index (χ2n) is 9.54. The van der Waals surface area contributed by atoms with Crippen LogP contribution in [-0.2, 0) is 20.7 Å². The number of hydrogen-bond donors (Lipinski definition) is 0. The number of hydrogen-bond acceptors (Lipinski definition) is 7. The molecule has 0 spiro atoms. The van der Waals surface area contributed by atoms with Crippen molar-refractivity contribution in [2.24, 2.45) is 16.9 Å². The molecule has 2 aromatic carbocycles. The molecule has 3 aliphatic rings. The van der Waals surface area contributed by atoms with Crippen LogP contribution in [0.4, 0.5) is 5.69 Å². The standard InChI is InChI=1S/C28H28ClN3O4/c1-2-35-25(33)16-36-28(34)19-9-11-22-18(13-19)8-12-23-26(22)31-32(27(23)17-5-3-4-6-17)21-10-7-20(15-30)24(29)14-21/h7,9-11,13-14,17,23,27H,2-6,8,12,16H2,1H3. The van der Waals surface area contributed by atoms with Crippen molar-refractivity contribution in [3.63, 3.8) is 0 Å². The van der Waals surface area contributed by atoms with Gasteiger partial charge in [-0.2, -0.15) is 10.4 Å². The summed E-state index contributed by atoms with van der Waals surface area (Å²) in [6.07, 6.45) is 6.61. The maximum atomic E-state index is 12.5. The van der Waals surface area contributed by atoms with Crippen LogP contribution in [0.15, 0.2) is 41.5 Å². The number of hydrazone groups is 1. The molecule has 0 amide bonds. The molecule has 36 heavy (non-hydrogen) atoms. The molecule has 2 aliphatic carbocycles. The number of nitrogens with zero attached hydrogens (tertiary/aromatic N) is 3. The summed E-state index contributed by atoms with van der Waals surface area (Å²) in [5.41, 5.74) is 4.92. The Bertz CT molecular complexity index is 1260. The molecular weight excluding hydrogens is 478 g/mol. The van der Waals surface area contributed by atoms with Crippen molar-refractivity contribution in [3.05, 3.63) is 63.7 Å². The van der Waals surface area contributed by atoms with Crippen LogP contribution >= 0.6 is 11.6 Å². The van der Waals surface area contributed by atoms with Crippen LogP contribution in [0.1, 0.15) is 66.1 Å². The normalized spacial score (nSPS) is 20.8. The molecule has 2 unspecified atom stereocenters. The van der Waals surface area contributed by atoms with Crippen LogP contribution in [0.3, 0.4) is 0 Å². The van der Waals surface area contributed by atoms with E-state index in [1.807, 2.05) is 24.3 Å². The molecule has 2 atom stereocenters. The summed E-state index contributed by atoms with van der Waals surface area (Å²) in [5, 5.41) is 17.0.